The van der Waals surface area contributed by atoms with Crippen molar-refractivity contribution < 1.29 is 9.59 Å². The highest BCUT2D eigenvalue weighted by Crippen LogP contribution is 2.33. The van der Waals surface area contributed by atoms with Crippen molar-refractivity contribution in [3.8, 4) is 0 Å². The number of hydrogen-bond acceptors (Lipinski definition) is 3. The summed E-state index contributed by atoms with van der Waals surface area (Å²) in [6, 6.07) is 4.60. The summed E-state index contributed by atoms with van der Waals surface area (Å²) in [7, 11) is 0. The fourth-order valence-electron chi connectivity index (χ4n) is 1.29. The predicted octanol–water partition coefficient (Wildman–Crippen LogP) is 3.71. The molecule has 0 aliphatic carbocycles. The van der Waals surface area contributed by atoms with Gasteiger partial charge in [0.05, 0.1) is 15.8 Å². The molecule has 0 heterocycles. The Morgan fingerprint density at radius 1 is 1.20 bits per heavy atom. The summed E-state index contributed by atoms with van der Waals surface area (Å²) in [6.45, 7) is 5.49. The molecule has 2 N–H and O–H groups in total. The molecule has 0 atom stereocenters. The Hall–Kier alpha value is -0.910. The Morgan fingerprint density at radius 2 is 1.75 bits per heavy atom. The van der Waals surface area contributed by atoms with Crippen LogP contribution in [-0.4, -0.2) is 23.2 Å². The third-order valence-electron chi connectivity index (χ3n) is 2.01. The monoisotopic (exact) mass is 334 g/mol. The van der Waals surface area contributed by atoms with Gasteiger partial charge in [-0.3, -0.25) is 10.1 Å². The van der Waals surface area contributed by atoms with Gasteiger partial charge in [-0.2, -0.15) is 0 Å². The van der Waals surface area contributed by atoms with Crippen LogP contribution in [0.1, 0.15) is 20.8 Å². The Labute approximate surface area is 132 Å². The third kappa shape index (κ3) is 6.03. The number of amides is 3. The van der Waals surface area contributed by atoms with Crippen molar-refractivity contribution in [3.63, 3.8) is 0 Å². The molecule has 20 heavy (non-hydrogen) atoms. The first kappa shape index (κ1) is 17.1. The van der Waals surface area contributed by atoms with Gasteiger partial charge in [0.1, 0.15) is 0 Å². The fourth-order valence-corrected chi connectivity index (χ4v) is 2.78. The van der Waals surface area contributed by atoms with Gasteiger partial charge < -0.3 is 5.32 Å². The van der Waals surface area contributed by atoms with E-state index in [0.717, 1.165) is 0 Å². The van der Waals surface area contributed by atoms with Crippen LogP contribution in [0.15, 0.2) is 23.1 Å². The second-order valence-corrected chi connectivity index (χ2v) is 6.89. The van der Waals surface area contributed by atoms with E-state index in [2.05, 4.69) is 10.6 Å². The predicted molar refractivity (Wildman–Crippen MR) is 83.6 cm³/mol. The van der Waals surface area contributed by atoms with Gasteiger partial charge in [-0.05, 0) is 32.9 Å². The Morgan fingerprint density at radius 3 is 2.25 bits per heavy atom. The summed E-state index contributed by atoms with van der Waals surface area (Å²) in [6.07, 6.45) is 0. The molecule has 110 valence electrons. The summed E-state index contributed by atoms with van der Waals surface area (Å²) in [5.74, 6) is -0.353. The lowest BCUT2D eigenvalue weighted by Gasteiger charge is -2.20. The number of nitrogens with one attached hydrogen (secondary N) is 2. The lowest BCUT2D eigenvalue weighted by molar-refractivity contribution is -0.117. The molecule has 1 aromatic carbocycles. The minimum absolute atomic E-state index is 0.0566. The van der Waals surface area contributed by atoms with Gasteiger partial charge in [-0.25, -0.2) is 4.79 Å². The van der Waals surface area contributed by atoms with Crippen LogP contribution >= 0.6 is 35.0 Å². The minimum atomic E-state index is -0.520. The van der Waals surface area contributed by atoms with E-state index in [4.69, 9.17) is 23.2 Å². The first-order chi connectivity index (χ1) is 9.19. The molecule has 0 unspecified atom stereocenters. The van der Waals surface area contributed by atoms with Crippen LogP contribution in [0.3, 0.4) is 0 Å². The molecule has 3 amide bonds. The number of carbonyl (C=O) groups is 2. The summed E-state index contributed by atoms with van der Waals surface area (Å²) in [5.41, 5.74) is -0.399. The van der Waals surface area contributed by atoms with Crippen LogP contribution in [0.25, 0.3) is 0 Å². The molecule has 7 heteroatoms. The second-order valence-electron chi connectivity index (χ2n) is 5.09. The van der Waals surface area contributed by atoms with Gasteiger partial charge in [0.15, 0.2) is 0 Å². The molecule has 1 rings (SSSR count). The largest absolute Gasteiger partial charge is 0.333 e. The standard InChI is InChI=1S/C13H16Cl2N2O2S/c1-13(2,3)17-12(19)16-10(18)7-20-11-8(14)5-4-6-9(11)15/h4-6H,7H2,1-3H3,(H2,16,17,18,19). The average Bonchev–Trinajstić information content (AvgIpc) is 2.25. The summed E-state index contributed by atoms with van der Waals surface area (Å²) in [5, 5.41) is 5.85. The van der Waals surface area contributed by atoms with Crippen LogP contribution in [0, 0.1) is 0 Å². The smallest absolute Gasteiger partial charge is 0.321 e. The molecule has 0 bridgehead atoms. The number of urea groups is 1. The normalized spacial score (nSPS) is 11.1. The van der Waals surface area contributed by atoms with Crippen molar-refractivity contribution in [3.05, 3.63) is 28.2 Å². The Bertz CT molecular complexity index is 495. The van der Waals surface area contributed by atoms with E-state index < -0.39 is 17.5 Å². The van der Waals surface area contributed by atoms with Crippen molar-refractivity contribution in [1.29, 1.82) is 0 Å². The van der Waals surface area contributed by atoms with Crippen molar-refractivity contribution >= 4 is 46.9 Å². The van der Waals surface area contributed by atoms with Crippen LogP contribution in [0.4, 0.5) is 4.79 Å². The Kier molecular flexibility index (Phi) is 6.17. The van der Waals surface area contributed by atoms with Crippen molar-refractivity contribution in [2.24, 2.45) is 0 Å². The number of hydrogen-bond donors (Lipinski definition) is 2. The minimum Gasteiger partial charge on any atom is -0.333 e. The quantitative estimate of drug-likeness (QED) is 0.828. The molecule has 4 nitrogen and oxygen atoms in total. The van der Waals surface area contributed by atoms with E-state index in [-0.39, 0.29) is 5.75 Å². The van der Waals surface area contributed by atoms with Crippen LogP contribution < -0.4 is 10.6 Å². The number of thioether (sulfide) groups is 1. The molecule has 0 aliphatic rings. The number of halogens is 2. The molecule has 1 aromatic rings. The van der Waals surface area contributed by atoms with E-state index in [1.54, 1.807) is 18.2 Å². The van der Waals surface area contributed by atoms with E-state index in [0.29, 0.717) is 14.9 Å². The van der Waals surface area contributed by atoms with Gasteiger partial charge in [0.2, 0.25) is 5.91 Å². The highest BCUT2D eigenvalue weighted by atomic mass is 35.5. The van der Waals surface area contributed by atoms with Crippen molar-refractivity contribution in [1.82, 2.24) is 10.6 Å². The Balaban J connectivity index is 2.50. The van der Waals surface area contributed by atoms with Gasteiger partial charge in [0, 0.05) is 10.4 Å². The van der Waals surface area contributed by atoms with Crippen LogP contribution in [-0.2, 0) is 4.79 Å². The first-order valence-corrected chi connectivity index (χ1v) is 7.62. The first-order valence-electron chi connectivity index (χ1n) is 5.88. The van der Waals surface area contributed by atoms with Gasteiger partial charge in [-0.1, -0.05) is 29.3 Å². The highest BCUT2D eigenvalue weighted by Gasteiger charge is 2.16. The molecular weight excluding hydrogens is 319 g/mol. The molecule has 0 fully saturated rings. The molecule has 0 aromatic heterocycles. The highest BCUT2D eigenvalue weighted by molar-refractivity contribution is 8.00. The van der Waals surface area contributed by atoms with E-state index in [1.807, 2.05) is 20.8 Å². The summed E-state index contributed by atoms with van der Waals surface area (Å²) in [4.78, 5) is 23.8. The second kappa shape index (κ2) is 7.20. The maximum atomic E-state index is 11.7. The van der Waals surface area contributed by atoms with E-state index >= 15 is 0 Å². The van der Waals surface area contributed by atoms with E-state index in [1.165, 1.54) is 11.8 Å². The number of carbonyl (C=O) groups excluding carboxylic acids is 2. The van der Waals surface area contributed by atoms with Crippen LogP contribution in [0.2, 0.25) is 10.0 Å². The van der Waals surface area contributed by atoms with Crippen molar-refractivity contribution in [2.75, 3.05) is 5.75 Å². The zero-order valence-corrected chi connectivity index (χ0v) is 13.7. The van der Waals surface area contributed by atoms with E-state index in [9.17, 15) is 9.59 Å². The van der Waals surface area contributed by atoms with Crippen LogP contribution in [0.5, 0.6) is 0 Å². The van der Waals surface area contributed by atoms with Crippen molar-refractivity contribution in [2.45, 2.75) is 31.2 Å². The molecule has 0 radical (unpaired) electrons. The fraction of sp³-hybridized carbons (Fsp3) is 0.385. The zero-order valence-electron chi connectivity index (χ0n) is 11.4. The molecule has 0 spiro atoms. The van der Waals surface area contributed by atoms with Gasteiger partial charge in [-0.15, -0.1) is 11.8 Å². The van der Waals surface area contributed by atoms with Gasteiger partial charge >= 0.3 is 6.03 Å². The maximum absolute atomic E-state index is 11.7. The zero-order chi connectivity index (χ0) is 15.3. The number of benzene rings is 1. The molecule has 0 aliphatic heterocycles. The third-order valence-corrected chi connectivity index (χ3v) is 4.00. The average molecular weight is 335 g/mol. The van der Waals surface area contributed by atoms with Gasteiger partial charge in [0.25, 0.3) is 0 Å². The lowest BCUT2D eigenvalue weighted by atomic mass is 10.1. The molecule has 0 saturated carbocycles. The molecular formula is C13H16Cl2N2O2S. The lowest BCUT2D eigenvalue weighted by Crippen LogP contribution is -2.48. The topological polar surface area (TPSA) is 58.2 Å². The number of imide groups is 1. The molecule has 0 saturated heterocycles. The summed E-state index contributed by atoms with van der Waals surface area (Å²) < 4.78 is 0. The summed E-state index contributed by atoms with van der Waals surface area (Å²) >= 11 is 13.2. The SMILES string of the molecule is CC(C)(C)NC(=O)NC(=O)CSc1c(Cl)cccc1Cl. The number of rotatable bonds is 3. The maximum Gasteiger partial charge on any atom is 0.321 e.